The quantitative estimate of drug-likeness (QED) is 0.168. The lowest BCUT2D eigenvalue weighted by atomic mass is 9.81. The maximum atomic E-state index is 9.16. The zero-order valence-corrected chi connectivity index (χ0v) is 20.0. The molecule has 0 radical (unpaired) electrons. The van der Waals surface area contributed by atoms with E-state index in [9.17, 15) is 0 Å². The van der Waals surface area contributed by atoms with E-state index < -0.39 is 11.1 Å². The Morgan fingerprint density at radius 3 is 2.00 bits per heavy atom. The summed E-state index contributed by atoms with van der Waals surface area (Å²) in [5.41, 5.74) is 1.29. The number of nitrogens with zero attached hydrogens (tertiary/aromatic N) is 3. The van der Waals surface area contributed by atoms with Gasteiger partial charge in [-0.15, -0.1) is 0 Å². The van der Waals surface area contributed by atoms with Gasteiger partial charge in [-0.05, 0) is 84.0 Å². The molecule has 2 unspecified atom stereocenters. The summed E-state index contributed by atoms with van der Waals surface area (Å²) >= 11 is 4.71. The van der Waals surface area contributed by atoms with Crippen LogP contribution in [0, 0.1) is 17.8 Å². The zero-order chi connectivity index (χ0) is 22.9. The summed E-state index contributed by atoms with van der Waals surface area (Å²) < 4.78 is 0. The van der Waals surface area contributed by atoms with Crippen LogP contribution >= 0.6 is 12.2 Å². The molecule has 0 saturated carbocycles. The first-order valence-electron chi connectivity index (χ1n) is 10.3. The van der Waals surface area contributed by atoms with Crippen LogP contribution in [0.5, 0.6) is 0 Å². The molecule has 1 aliphatic rings. The van der Waals surface area contributed by atoms with Crippen molar-refractivity contribution in [3.63, 3.8) is 0 Å². The molecule has 0 bridgehead atoms. The molecule has 8 heteroatoms. The van der Waals surface area contributed by atoms with Crippen molar-refractivity contribution in [2.24, 2.45) is 33.1 Å². The molecule has 0 aromatic carbocycles. The van der Waals surface area contributed by atoms with E-state index in [0.717, 1.165) is 25.2 Å². The zero-order valence-electron chi connectivity index (χ0n) is 19.2. The Morgan fingerprint density at radius 1 is 1.10 bits per heavy atom. The second-order valence-electron chi connectivity index (χ2n) is 9.16. The molecule has 2 atom stereocenters. The minimum atomic E-state index is -0.417. The van der Waals surface area contributed by atoms with Gasteiger partial charge in [0, 0.05) is 13.1 Å². The van der Waals surface area contributed by atoms with Crippen molar-refractivity contribution in [1.29, 1.82) is 0 Å². The third kappa shape index (κ3) is 7.76. The fourth-order valence-electron chi connectivity index (χ4n) is 3.19. The molecule has 0 saturated heterocycles. The lowest BCUT2D eigenvalue weighted by Crippen LogP contribution is -2.52. The van der Waals surface area contributed by atoms with Gasteiger partial charge in [0.15, 0.2) is 0 Å². The van der Waals surface area contributed by atoms with Gasteiger partial charge in [-0.1, -0.05) is 29.4 Å². The first kappa shape index (κ1) is 26.2. The first-order valence-corrected chi connectivity index (χ1v) is 10.7. The van der Waals surface area contributed by atoms with E-state index in [4.69, 9.17) is 22.6 Å². The maximum absolute atomic E-state index is 9.16. The molecule has 1 rings (SSSR count). The fraction of sp³-hybridized carbons (Fsp3) is 0.682. The van der Waals surface area contributed by atoms with Crippen molar-refractivity contribution in [3.05, 3.63) is 23.9 Å². The minimum Gasteiger partial charge on any atom is -0.411 e. The number of hydrogen-bond donors (Lipinski definition) is 4. The highest BCUT2D eigenvalue weighted by atomic mass is 32.1. The second-order valence-corrected chi connectivity index (χ2v) is 9.34. The topological polar surface area (TPSA) is 102 Å². The Kier molecular flexibility index (Phi) is 10.0. The van der Waals surface area contributed by atoms with Crippen LogP contribution in [-0.4, -0.2) is 51.2 Å². The molecule has 0 amide bonds. The van der Waals surface area contributed by atoms with Crippen LogP contribution in [0.2, 0.25) is 0 Å². The number of aliphatic imine (C=N–C) groups is 1. The molecule has 30 heavy (non-hydrogen) atoms. The van der Waals surface area contributed by atoms with Crippen LogP contribution in [0.1, 0.15) is 54.9 Å². The maximum Gasteiger partial charge on any atom is 0.0734 e. The summed E-state index contributed by atoms with van der Waals surface area (Å²) in [6, 6.07) is 0. The van der Waals surface area contributed by atoms with Crippen LogP contribution in [-0.2, 0) is 0 Å². The number of isothiocyanates is 1. The summed E-state index contributed by atoms with van der Waals surface area (Å²) in [5, 5.41) is 34.5. The van der Waals surface area contributed by atoms with E-state index >= 15 is 0 Å². The third-order valence-electron chi connectivity index (χ3n) is 6.18. The van der Waals surface area contributed by atoms with Gasteiger partial charge in [0.05, 0.1) is 33.4 Å². The average Bonchev–Trinajstić information content (AvgIpc) is 2.70. The first-order chi connectivity index (χ1) is 14.0. The Bertz CT molecular complexity index is 715. The van der Waals surface area contributed by atoms with E-state index in [1.165, 1.54) is 0 Å². The number of allylic oxidation sites excluding steroid dienone is 3. The molecule has 0 aromatic rings. The Labute approximate surface area is 186 Å². The molecule has 168 valence electrons. The van der Waals surface area contributed by atoms with Crippen molar-refractivity contribution in [2.45, 2.75) is 66.0 Å². The predicted octanol–water partition coefficient (Wildman–Crippen LogP) is 4.24. The van der Waals surface area contributed by atoms with E-state index in [0.29, 0.717) is 29.2 Å². The summed E-state index contributed by atoms with van der Waals surface area (Å²) in [4.78, 5) is 4.08. The van der Waals surface area contributed by atoms with E-state index in [2.05, 4.69) is 50.2 Å². The van der Waals surface area contributed by atoms with Crippen LogP contribution in [0.4, 0.5) is 0 Å². The highest BCUT2D eigenvalue weighted by Gasteiger charge is 2.28. The molecule has 0 heterocycles. The Balaban J connectivity index is 2.92. The summed E-state index contributed by atoms with van der Waals surface area (Å²) in [6.45, 7) is 15.3. The van der Waals surface area contributed by atoms with Crippen molar-refractivity contribution >= 4 is 28.8 Å². The van der Waals surface area contributed by atoms with Crippen LogP contribution in [0.3, 0.4) is 0 Å². The molecule has 4 N–H and O–H groups in total. The van der Waals surface area contributed by atoms with Gasteiger partial charge in [-0.25, -0.2) is 0 Å². The SMILES string of the molecule is C/C(=N\O)C(C)(C)NCC(CNC(C)(C)/C(C)=N/O)CC1C=CC(N=C=S)=CC1C. The van der Waals surface area contributed by atoms with Gasteiger partial charge in [0.1, 0.15) is 0 Å². The fourth-order valence-corrected chi connectivity index (χ4v) is 3.30. The van der Waals surface area contributed by atoms with Crippen LogP contribution in [0.25, 0.3) is 0 Å². The average molecular weight is 436 g/mol. The number of rotatable bonds is 11. The van der Waals surface area contributed by atoms with Crippen LogP contribution in [0.15, 0.2) is 39.2 Å². The number of thiocarbonyl (C=S) groups is 1. The molecule has 0 aromatic heterocycles. The van der Waals surface area contributed by atoms with E-state index in [-0.39, 0.29) is 0 Å². The number of nitrogens with one attached hydrogen (secondary N) is 2. The largest absolute Gasteiger partial charge is 0.411 e. The molecular formula is C22H37N5O2S. The number of hydrogen-bond acceptors (Lipinski definition) is 8. The van der Waals surface area contributed by atoms with E-state index in [1.807, 2.05) is 33.8 Å². The lowest BCUT2D eigenvalue weighted by molar-refractivity contribution is 0.289. The highest BCUT2D eigenvalue weighted by Crippen LogP contribution is 2.29. The van der Waals surface area contributed by atoms with Gasteiger partial charge in [-0.3, -0.25) is 0 Å². The smallest absolute Gasteiger partial charge is 0.0734 e. The van der Waals surface area contributed by atoms with Gasteiger partial charge in [0.2, 0.25) is 0 Å². The van der Waals surface area contributed by atoms with Crippen molar-refractivity contribution in [1.82, 2.24) is 10.6 Å². The van der Waals surface area contributed by atoms with Gasteiger partial charge < -0.3 is 21.0 Å². The highest BCUT2D eigenvalue weighted by molar-refractivity contribution is 7.78. The van der Waals surface area contributed by atoms with E-state index in [1.54, 1.807) is 13.8 Å². The molecule has 0 spiro atoms. The standard InChI is InChI=1S/C22H37N5O2S/c1-15-10-20(23-14-30)9-8-19(15)11-18(12-24-21(4,5)16(2)26-28)13-25-22(6,7)17(3)27-29/h8-10,15,18-19,24-25,28-29H,11-13H2,1-7H3/b26-16+,27-17+. The Hall–Kier alpha value is -1.86. The minimum absolute atomic E-state index is 0.294. The normalized spacial score (nSPS) is 21.8. The van der Waals surface area contributed by atoms with Crippen molar-refractivity contribution in [2.75, 3.05) is 13.1 Å². The monoisotopic (exact) mass is 435 g/mol. The van der Waals surface area contributed by atoms with Gasteiger partial charge >= 0.3 is 0 Å². The number of oxime groups is 2. The van der Waals surface area contributed by atoms with Crippen molar-refractivity contribution in [3.8, 4) is 0 Å². The lowest BCUT2D eigenvalue weighted by Gasteiger charge is -2.33. The summed E-state index contributed by atoms with van der Waals surface area (Å²) in [6.07, 6.45) is 7.28. The molecule has 7 nitrogen and oxygen atoms in total. The summed E-state index contributed by atoms with van der Waals surface area (Å²) in [7, 11) is 0. The summed E-state index contributed by atoms with van der Waals surface area (Å²) in [5.74, 6) is 0.999. The van der Waals surface area contributed by atoms with Gasteiger partial charge in [-0.2, -0.15) is 4.99 Å². The Morgan fingerprint density at radius 2 is 1.60 bits per heavy atom. The van der Waals surface area contributed by atoms with Crippen LogP contribution < -0.4 is 10.6 Å². The molecule has 1 aliphatic carbocycles. The van der Waals surface area contributed by atoms with Crippen molar-refractivity contribution < 1.29 is 10.4 Å². The third-order valence-corrected chi connectivity index (χ3v) is 6.27. The molecule has 0 aliphatic heterocycles. The molecule has 0 fully saturated rings. The second kappa shape index (κ2) is 11.5. The molecular weight excluding hydrogens is 398 g/mol. The predicted molar refractivity (Wildman–Crippen MR) is 127 cm³/mol. The van der Waals surface area contributed by atoms with Gasteiger partial charge in [0.25, 0.3) is 0 Å².